The molecule has 0 atom stereocenters. The molecule has 3 aromatic rings. The molecule has 0 saturated carbocycles. The predicted molar refractivity (Wildman–Crippen MR) is 109 cm³/mol. The molecule has 0 aliphatic carbocycles. The lowest BCUT2D eigenvalue weighted by Crippen LogP contribution is -1.96. The number of hydrogen-bond donors (Lipinski definition) is 0. The minimum Gasteiger partial charge on any atom is -0.248 e. The summed E-state index contributed by atoms with van der Waals surface area (Å²) in [6.07, 6.45) is 8.21. The molecule has 0 unspecified atom stereocenters. The van der Waals surface area contributed by atoms with Crippen LogP contribution in [0.15, 0.2) is 72.3 Å². The number of allylic oxidation sites excluding steroid dienone is 2. The van der Waals surface area contributed by atoms with Crippen molar-refractivity contribution in [1.29, 1.82) is 0 Å². The highest BCUT2D eigenvalue weighted by atomic mass is 14.7. The molecule has 0 N–H and O–H groups in total. The fourth-order valence-corrected chi connectivity index (χ4v) is 3.37. The van der Waals surface area contributed by atoms with Gasteiger partial charge in [-0.25, -0.2) is 4.98 Å². The molecular formula is C24H27N. The van der Waals surface area contributed by atoms with Crippen LogP contribution >= 0.6 is 0 Å². The highest BCUT2D eigenvalue weighted by Crippen LogP contribution is 2.27. The number of pyridine rings is 1. The van der Waals surface area contributed by atoms with Crippen LogP contribution in [0.5, 0.6) is 0 Å². The summed E-state index contributed by atoms with van der Waals surface area (Å²) in [5, 5.41) is 1.24. The number of hydrogen-bond acceptors (Lipinski definition) is 1. The van der Waals surface area contributed by atoms with E-state index in [1.165, 1.54) is 41.3 Å². The topological polar surface area (TPSA) is 12.9 Å². The van der Waals surface area contributed by atoms with Gasteiger partial charge in [-0.2, -0.15) is 0 Å². The van der Waals surface area contributed by atoms with Crippen LogP contribution in [-0.4, -0.2) is 4.98 Å². The Labute approximate surface area is 151 Å². The van der Waals surface area contributed by atoms with E-state index in [9.17, 15) is 0 Å². The number of para-hydroxylation sites is 1. The molecule has 2 aromatic carbocycles. The van der Waals surface area contributed by atoms with E-state index in [4.69, 9.17) is 4.98 Å². The normalized spacial score (nSPS) is 11.8. The van der Waals surface area contributed by atoms with Gasteiger partial charge in [0, 0.05) is 10.9 Å². The van der Waals surface area contributed by atoms with E-state index in [-0.39, 0.29) is 0 Å². The first-order valence-corrected chi connectivity index (χ1v) is 9.37. The van der Waals surface area contributed by atoms with Gasteiger partial charge in [-0.05, 0) is 56.7 Å². The third kappa shape index (κ3) is 4.57. The smallest absolute Gasteiger partial charge is 0.0741 e. The quantitative estimate of drug-likeness (QED) is 0.337. The second-order valence-corrected chi connectivity index (χ2v) is 6.72. The third-order valence-electron chi connectivity index (χ3n) is 4.67. The van der Waals surface area contributed by atoms with Crippen LogP contribution in [0, 0.1) is 0 Å². The highest BCUT2D eigenvalue weighted by molar-refractivity contribution is 5.83. The van der Waals surface area contributed by atoms with E-state index in [0.29, 0.717) is 0 Å². The minimum absolute atomic E-state index is 1.08. The minimum atomic E-state index is 1.08. The van der Waals surface area contributed by atoms with Gasteiger partial charge in [0.1, 0.15) is 0 Å². The van der Waals surface area contributed by atoms with Gasteiger partial charge in [0.25, 0.3) is 0 Å². The maximum Gasteiger partial charge on any atom is 0.0741 e. The molecule has 0 aliphatic rings. The van der Waals surface area contributed by atoms with E-state index >= 15 is 0 Å². The molecule has 0 saturated heterocycles. The Morgan fingerprint density at radius 2 is 1.72 bits per heavy atom. The van der Waals surface area contributed by atoms with Gasteiger partial charge in [-0.3, -0.25) is 0 Å². The average molecular weight is 329 g/mol. The molecule has 0 amide bonds. The summed E-state index contributed by atoms with van der Waals surface area (Å²) < 4.78 is 0. The van der Waals surface area contributed by atoms with E-state index in [0.717, 1.165) is 24.1 Å². The maximum atomic E-state index is 4.98. The molecule has 0 fully saturated rings. The Bertz CT molecular complexity index is 846. The first-order valence-electron chi connectivity index (χ1n) is 9.37. The summed E-state index contributed by atoms with van der Waals surface area (Å²) in [6, 6.07) is 21.3. The van der Waals surface area contributed by atoms with Gasteiger partial charge < -0.3 is 0 Å². The fourth-order valence-electron chi connectivity index (χ4n) is 3.37. The second-order valence-electron chi connectivity index (χ2n) is 6.72. The van der Waals surface area contributed by atoms with Gasteiger partial charge >= 0.3 is 0 Å². The zero-order chi connectivity index (χ0) is 17.5. The molecule has 0 radical (unpaired) electrons. The second kappa shape index (κ2) is 8.62. The molecule has 1 nitrogen and oxygen atoms in total. The Morgan fingerprint density at radius 1 is 0.960 bits per heavy atom. The fraction of sp³-hybridized carbons (Fsp3) is 0.292. The Kier molecular flexibility index (Phi) is 6.00. The largest absolute Gasteiger partial charge is 0.248 e. The van der Waals surface area contributed by atoms with Crippen molar-refractivity contribution in [3.05, 3.63) is 77.9 Å². The number of benzene rings is 2. The SMILES string of the molecule is CC/C=C(/C)CCCCc1cc2ccccc2nc1-c1ccccc1. The maximum absolute atomic E-state index is 4.98. The summed E-state index contributed by atoms with van der Waals surface area (Å²) in [7, 11) is 0. The first-order chi connectivity index (χ1) is 12.3. The molecule has 25 heavy (non-hydrogen) atoms. The molecule has 1 heterocycles. The van der Waals surface area contributed by atoms with Crippen molar-refractivity contribution in [1.82, 2.24) is 4.98 Å². The van der Waals surface area contributed by atoms with Crippen LogP contribution < -0.4 is 0 Å². The van der Waals surface area contributed by atoms with E-state index in [1.54, 1.807) is 0 Å². The zero-order valence-corrected chi connectivity index (χ0v) is 15.3. The van der Waals surface area contributed by atoms with Crippen LogP contribution in [0.1, 0.15) is 45.1 Å². The van der Waals surface area contributed by atoms with Crippen LogP contribution in [0.3, 0.4) is 0 Å². The number of aryl methyl sites for hydroxylation is 1. The van der Waals surface area contributed by atoms with Crippen molar-refractivity contribution >= 4 is 10.9 Å². The van der Waals surface area contributed by atoms with Crippen LogP contribution in [0.25, 0.3) is 22.2 Å². The molecule has 0 spiro atoms. The summed E-state index contributed by atoms with van der Waals surface area (Å²) >= 11 is 0. The summed E-state index contributed by atoms with van der Waals surface area (Å²) in [4.78, 5) is 4.98. The van der Waals surface area contributed by atoms with Crippen molar-refractivity contribution < 1.29 is 0 Å². The summed E-state index contributed by atoms with van der Waals surface area (Å²) in [6.45, 7) is 4.45. The van der Waals surface area contributed by atoms with Crippen LogP contribution in [0.4, 0.5) is 0 Å². The number of nitrogens with zero attached hydrogens (tertiary/aromatic N) is 1. The van der Waals surface area contributed by atoms with E-state index in [1.807, 2.05) is 0 Å². The predicted octanol–water partition coefficient (Wildman–Crippen LogP) is 6.97. The number of aromatic nitrogens is 1. The third-order valence-corrected chi connectivity index (χ3v) is 4.67. The van der Waals surface area contributed by atoms with Crippen molar-refractivity contribution in [2.75, 3.05) is 0 Å². The molecule has 1 aromatic heterocycles. The Balaban J connectivity index is 1.83. The molecule has 0 bridgehead atoms. The lowest BCUT2D eigenvalue weighted by atomic mass is 9.98. The van der Waals surface area contributed by atoms with Gasteiger partial charge in [-0.15, -0.1) is 0 Å². The summed E-state index contributed by atoms with van der Waals surface area (Å²) in [5.74, 6) is 0. The van der Waals surface area contributed by atoms with Crippen molar-refractivity contribution in [2.45, 2.75) is 46.0 Å². The van der Waals surface area contributed by atoms with Crippen LogP contribution in [-0.2, 0) is 6.42 Å². The van der Waals surface area contributed by atoms with E-state index in [2.05, 4.69) is 80.6 Å². The lowest BCUT2D eigenvalue weighted by molar-refractivity contribution is 0.727. The van der Waals surface area contributed by atoms with Gasteiger partial charge in [-0.1, -0.05) is 67.1 Å². The number of rotatable bonds is 7. The van der Waals surface area contributed by atoms with Gasteiger partial charge in [0.2, 0.25) is 0 Å². The van der Waals surface area contributed by atoms with Crippen molar-refractivity contribution in [2.24, 2.45) is 0 Å². The first kappa shape index (κ1) is 17.4. The molecule has 128 valence electrons. The average Bonchev–Trinajstić information content (AvgIpc) is 2.65. The van der Waals surface area contributed by atoms with Crippen molar-refractivity contribution in [3.63, 3.8) is 0 Å². The van der Waals surface area contributed by atoms with Crippen LogP contribution in [0.2, 0.25) is 0 Å². The van der Waals surface area contributed by atoms with Crippen molar-refractivity contribution in [3.8, 4) is 11.3 Å². The van der Waals surface area contributed by atoms with E-state index < -0.39 is 0 Å². The van der Waals surface area contributed by atoms with Gasteiger partial charge in [0.05, 0.1) is 11.2 Å². The Morgan fingerprint density at radius 3 is 2.52 bits per heavy atom. The summed E-state index contributed by atoms with van der Waals surface area (Å²) in [5.41, 5.74) is 6.31. The molecule has 1 heteroatoms. The highest BCUT2D eigenvalue weighted by Gasteiger charge is 2.09. The number of fused-ring (bicyclic) bond motifs is 1. The standard InChI is InChI=1S/C24H27N/c1-3-11-19(2)12-7-8-16-22-18-21-15-9-10-17-23(21)25-24(22)20-13-5-4-6-14-20/h4-6,9-11,13-15,17-18H,3,7-8,12,16H2,1-2H3/b19-11-. The monoisotopic (exact) mass is 329 g/mol. The molecule has 0 aliphatic heterocycles. The zero-order valence-electron chi connectivity index (χ0n) is 15.3. The molecular weight excluding hydrogens is 302 g/mol. The Hall–Kier alpha value is -2.41. The molecule has 3 rings (SSSR count). The number of unbranched alkanes of at least 4 members (excludes halogenated alkanes) is 1. The lowest BCUT2D eigenvalue weighted by Gasteiger charge is -2.11. The van der Waals surface area contributed by atoms with Gasteiger partial charge in [0.15, 0.2) is 0 Å².